The molecule has 0 bridgehead atoms. The van der Waals surface area contributed by atoms with Gasteiger partial charge in [0.25, 0.3) is 5.91 Å². The van der Waals surface area contributed by atoms with Gasteiger partial charge in [0.1, 0.15) is 0 Å². The summed E-state index contributed by atoms with van der Waals surface area (Å²) in [5, 5.41) is 5.26. The Labute approximate surface area is 126 Å². The molecule has 0 heterocycles. The van der Waals surface area contributed by atoms with Crippen LogP contribution in [0.1, 0.15) is 49.0 Å². The van der Waals surface area contributed by atoms with Gasteiger partial charge in [-0.2, -0.15) is 0 Å². The Balaban J connectivity index is 2.37. The molecule has 116 valence electrons. The number of nitrogens with zero attached hydrogens (tertiary/aromatic N) is 1. The minimum absolute atomic E-state index is 0.0584. The van der Waals surface area contributed by atoms with Crippen LogP contribution in [0.25, 0.3) is 0 Å². The summed E-state index contributed by atoms with van der Waals surface area (Å²) in [6.45, 7) is 4.58. The maximum absolute atomic E-state index is 12.6. The highest BCUT2D eigenvalue weighted by atomic mass is 32.2. The van der Waals surface area contributed by atoms with Crippen LogP contribution in [0.15, 0.2) is 23.1 Å². The summed E-state index contributed by atoms with van der Waals surface area (Å²) in [5.74, 6) is -0.105. The molecule has 1 aromatic carbocycles. The third kappa shape index (κ3) is 3.63. The molecule has 2 N–H and O–H groups in total. The minimum Gasteiger partial charge on any atom is -0.336 e. The van der Waals surface area contributed by atoms with E-state index >= 15 is 0 Å². The molecule has 1 saturated carbocycles. The number of hydrogen-bond acceptors (Lipinski definition) is 3. The molecule has 5 nitrogen and oxygen atoms in total. The SMILES string of the molecule is CCCN(C(=O)c1ccc(CC)c(S(N)(=O)=O)c1)C1CC1. The molecule has 1 aromatic rings. The van der Waals surface area contributed by atoms with E-state index in [2.05, 4.69) is 0 Å². The van der Waals surface area contributed by atoms with E-state index in [0.717, 1.165) is 19.3 Å². The van der Waals surface area contributed by atoms with E-state index in [1.165, 1.54) is 6.07 Å². The average Bonchev–Trinajstić information content (AvgIpc) is 3.27. The van der Waals surface area contributed by atoms with Crippen LogP contribution in [-0.4, -0.2) is 31.8 Å². The van der Waals surface area contributed by atoms with Crippen molar-refractivity contribution in [1.29, 1.82) is 0 Å². The predicted molar refractivity (Wildman–Crippen MR) is 81.5 cm³/mol. The molecule has 1 aliphatic carbocycles. The van der Waals surface area contributed by atoms with Crippen molar-refractivity contribution in [3.05, 3.63) is 29.3 Å². The second kappa shape index (κ2) is 6.15. The molecule has 0 aliphatic heterocycles. The van der Waals surface area contributed by atoms with Gasteiger partial charge in [-0.05, 0) is 43.4 Å². The monoisotopic (exact) mass is 310 g/mol. The van der Waals surface area contributed by atoms with Gasteiger partial charge < -0.3 is 4.90 Å². The van der Waals surface area contributed by atoms with Crippen LogP contribution >= 0.6 is 0 Å². The van der Waals surface area contributed by atoms with Gasteiger partial charge in [-0.25, -0.2) is 13.6 Å². The second-order valence-corrected chi connectivity index (χ2v) is 6.98. The fraction of sp³-hybridized carbons (Fsp3) is 0.533. The van der Waals surface area contributed by atoms with Crippen molar-refractivity contribution >= 4 is 15.9 Å². The van der Waals surface area contributed by atoms with E-state index in [1.54, 1.807) is 12.1 Å². The molecular formula is C15H22N2O3S. The second-order valence-electron chi connectivity index (χ2n) is 5.45. The van der Waals surface area contributed by atoms with Crippen LogP contribution < -0.4 is 5.14 Å². The highest BCUT2D eigenvalue weighted by molar-refractivity contribution is 7.89. The molecule has 21 heavy (non-hydrogen) atoms. The molecule has 0 radical (unpaired) electrons. The third-order valence-corrected chi connectivity index (χ3v) is 4.71. The number of carbonyl (C=O) groups is 1. The quantitative estimate of drug-likeness (QED) is 0.871. The lowest BCUT2D eigenvalue weighted by Gasteiger charge is -2.22. The number of carbonyl (C=O) groups excluding carboxylic acids is 1. The highest BCUT2D eigenvalue weighted by Crippen LogP contribution is 2.29. The van der Waals surface area contributed by atoms with Gasteiger partial charge in [-0.1, -0.05) is 19.9 Å². The molecule has 0 aromatic heterocycles. The topological polar surface area (TPSA) is 80.5 Å². The lowest BCUT2D eigenvalue weighted by molar-refractivity contribution is 0.0743. The van der Waals surface area contributed by atoms with E-state index < -0.39 is 10.0 Å². The fourth-order valence-corrected chi connectivity index (χ4v) is 3.36. The van der Waals surface area contributed by atoms with Crippen molar-refractivity contribution < 1.29 is 13.2 Å². The fourth-order valence-electron chi connectivity index (χ4n) is 2.49. The highest BCUT2D eigenvalue weighted by Gasteiger charge is 2.32. The number of sulfonamides is 1. The number of nitrogens with two attached hydrogens (primary N) is 1. The lowest BCUT2D eigenvalue weighted by atomic mass is 10.1. The third-order valence-electron chi connectivity index (χ3n) is 3.71. The molecule has 0 spiro atoms. The molecular weight excluding hydrogens is 288 g/mol. The summed E-state index contributed by atoms with van der Waals surface area (Å²) < 4.78 is 23.4. The van der Waals surface area contributed by atoms with Crippen LogP contribution in [0, 0.1) is 0 Å². The molecule has 6 heteroatoms. The van der Waals surface area contributed by atoms with Gasteiger partial charge in [0, 0.05) is 18.2 Å². The summed E-state index contributed by atoms with van der Waals surface area (Å²) in [6, 6.07) is 5.10. The Bertz CT molecular complexity index is 636. The summed E-state index contributed by atoms with van der Waals surface area (Å²) in [4.78, 5) is 14.5. The van der Waals surface area contributed by atoms with E-state index in [1.807, 2.05) is 18.7 Å². The molecule has 1 amide bonds. The first-order valence-corrected chi connectivity index (χ1v) is 8.89. The van der Waals surface area contributed by atoms with Crippen LogP contribution in [0.4, 0.5) is 0 Å². The summed E-state index contributed by atoms with van der Waals surface area (Å²) in [6.07, 6.45) is 3.50. The van der Waals surface area contributed by atoms with Crippen LogP contribution in [0.3, 0.4) is 0 Å². The van der Waals surface area contributed by atoms with Crippen molar-refractivity contribution in [2.24, 2.45) is 5.14 Å². The van der Waals surface area contributed by atoms with Gasteiger partial charge >= 0.3 is 0 Å². The Morgan fingerprint density at radius 1 is 1.33 bits per heavy atom. The number of primary sulfonamides is 1. The number of amides is 1. The van der Waals surface area contributed by atoms with Crippen molar-refractivity contribution in [3.63, 3.8) is 0 Å². The first-order chi connectivity index (χ1) is 9.88. The van der Waals surface area contributed by atoms with Crippen molar-refractivity contribution in [2.75, 3.05) is 6.54 Å². The van der Waals surface area contributed by atoms with Crippen molar-refractivity contribution in [3.8, 4) is 0 Å². The number of hydrogen-bond donors (Lipinski definition) is 1. The smallest absolute Gasteiger partial charge is 0.254 e. The van der Waals surface area contributed by atoms with Gasteiger partial charge in [0.15, 0.2) is 0 Å². The standard InChI is InChI=1S/C15H22N2O3S/c1-3-9-17(13-7-8-13)15(18)12-6-5-11(4-2)14(10-12)21(16,19)20/h5-6,10,13H,3-4,7-9H2,1-2H3,(H2,16,19,20). The maximum Gasteiger partial charge on any atom is 0.254 e. The Morgan fingerprint density at radius 2 is 2.00 bits per heavy atom. The largest absolute Gasteiger partial charge is 0.336 e. The molecule has 0 atom stereocenters. The Hall–Kier alpha value is -1.40. The molecule has 1 aliphatic rings. The van der Waals surface area contributed by atoms with E-state index in [9.17, 15) is 13.2 Å². The Morgan fingerprint density at radius 3 is 2.48 bits per heavy atom. The minimum atomic E-state index is -3.81. The first kappa shape index (κ1) is 16.0. The molecule has 0 saturated heterocycles. The molecule has 1 fully saturated rings. The molecule has 0 unspecified atom stereocenters. The van der Waals surface area contributed by atoms with E-state index in [4.69, 9.17) is 5.14 Å². The lowest BCUT2D eigenvalue weighted by Crippen LogP contribution is -2.34. The maximum atomic E-state index is 12.6. The van der Waals surface area contributed by atoms with Gasteiger partial charge in [-0.3, -0.25) is 4.79 Å². The van der Waals surface area contributed by atoms with Crippen molar-refractivity contribution in [1.82, 2.24) is 4.90 Å². The average molecular weight is 310 g/mol. The first-order valence-electron chi connectivity index (χ1n) is 7.35. The normalized spacial score (nSPS) is 15.0. The van der Waals surface area contributed by atoms with Gasteiger partial charge in [0.05, 0.1) is 4.90 Å². The summed E-state index contributed by atoms with van der Waals surface area (Å²) in [5.41, 5.74) is 1.04. The van der Waals surface area contributed by atoms with Gasteiger partial charge in [-0.15, -0.1) is 0 Å². The summed E-state index contributed by atoms with van der Waals surface area (Å²) in [7, 11) is -3.81. The van der Waals surface area contributed by atoms with Crippen molar-refractivity contribution in [2.45, 2.75) is 50.5 Å². The van der Waals surface area contributed by atoms with Crippen LogP contribution in [-0.2, 0) is 16.4 Å². The predicted octanol–water partition coefficient (Wildman–Crippen LogP) is 1.91. The van der Waals surface area contributed by atoms with E-state index in [0.29, 0.717) is 30.1 Å². The Kier molecular flexibility index (Phi) is 4.68. The zero-order valence-corrected chi connectivity index (χ0v) is 13.3. The zero-order chi connectivity index (χ0) is 15.6. The number of rotatable bonds is 6. The van der Waals surface area contributed by atoms with Crippen LogP contribution in [0.5, 0.6) is 0 Å². The van der Waals surface area contributed by atoms with E-state index in [-0.39, 0.29) is 10.8 Å². The summed E-state index contributed by atoms with van der Waals surface area (Å²) >= 11 is 0. The van der Waals surface area contributed by atoms with Gasteiger partial charge in [0.2, 0.25) is 10.0 Å². The van der Waals surface area contributed by atoms with Crippen LogP contribution in [0.2, 0.25) is 0 Å². The number of benzene rings is 1. The molecule has 2 rings (SSSR count). The zero-order valence-electron chi connectivity index (χ0n) is 12.5. The number of aryl methyl sites for hydroxylation is 1.